The number of amides is 2. The van der Waals surface area contributed by atoms with Crippen LogP contribution in [0.15, 0.2) is 36.4 Å². The second-order valence-corrected chi connectivity index (χ2v) is 6.13. The van der Waals surface area contributed by atoms with Gasteiger partial charge in [-0.25, -0.2) is 0 Å². The predicted octanol–water partition coefficient (Wildman–Crippen LogP) is 2.71. The van der Waals surface area contributed by atoms with Gasteiger partial charge in [0.25, 0.3) is 11.8 Å². The van der Waals surface area contributed by atoms with E-state index in [1.165, 1.54) is 12.1 Å². The van der Waals surface area contributed by atoms with Gasteiger partial charge in [-0.1, -0.05) is 11.6 Å². The molecule has 0 saturated heterocycles. The molecule has 2 amide bonds. The zero-order valence-corrected chi connectivity index (χ0v) is 16.0. The SMILES string of the molecule is COc1ccc(OC)c([C@H](C)NC(=O)COc2ccc(Cl)cc2C(N)=O)c1. The second-order valence-electron chi connectivity index (χ2n) is 5.69. The molecule has 0 aliphatic carbocycles. The third kappa shape index (κ3) is 5.27. The largest absolute Gasteiger partial charge is 0.497 e. The van der Waals surface area contributed by atoms with Gasteiger partial charge >= 0.3 is 0 Å². The van der Waals surface area contributed by atoms with E-state index in [1.807, 2.05) is 6.92 Å². The number of nitrogens with one attached hydrogen (secondary N) is 1. The molecule has 0 aliphatic heterocycles. The van der Waals surface area contributed by atoms with Crippen molar-refractivity contribution in [1.82, 2.24) is 5.32 Å². The Labute approximate surface area is 162 Å². The molecule has 2 rings (SSSR count). The summed E-state index contributed by atoms with van der Waals surface area (Å²) in [5.41, 5.74) is 6.17. The molecule has 3 N–H and O–H groups in total. The fraction of sp³-hybridized carbons (Fsp3) is 0.263. The normalized spacial score (nSPS) is 11.4. The summed E-state index contributed by atoms with van der Waals surface area (Å²) in [6, 6.07) is 9.39. The molecule has 7 nitrogen and oxygen atoms in total. The van der Waals surface area contributed by atoms with E-state index in [2.05, 4.69) is 5.32 Å². The van der Waals surface area contributed by atoms with E-state index in [9.17, 15) is 9.59 Å². The first-order chi connectivity index (χ1) is 12.8. The highest BCUT2D eigenvalue weighted by atomic mass is 35.5. The van der Waals surface area contributed by atoms with Crippen LogP contribution >= 0.6 is 11.6 Å². The number of hydrogen-bond donors (Lipinski definition) is 2. The smallest absolute Gasteiger partial charge is 0.258 e. The standard InChI is InChI=1S/C19H21ClN2O5/c1-11(14-9-13(25-2)5-7-16(14)26-3)22-18(23)10-27-17-6-4-12(20)8-15(17)19(21)24/h4-9,11H,10H2,1-3H3,(H2,21,24)(H,22,23)/t11-/m0/s1. The van der Waals surface area contributed by atoms with E-state index in [4.69, 9.17) is 31.5 Å². The van der Waals surface area contributed by atoms with Gasteiger partial charge in [0.15, 0.2) is 6.61 Å². The second kappa shape index (κ2) is 9.14. The lowest BCUT2D eigenvalue weighted by molar-refractivity contribution is -0.123. The minimum absolute atomic E-state index is 0.109. The maximum absolute atomic E-state index is 12.3. The number of methoxy groups -OCH3 is 2. The highest BCUT2D eigenvalue weighted by Crippen LogP contribution is 2.29. The van der Waals surface area contributed by atoms with Crippen LogP contribution in [0.25, 0.3) is 0 Å². The van der Waals surface area contributed by atoms with Crippen LogP contribution in [0.3, 0.4) is 0 Å². The van der Waals surface area contributed by atoms with Crippen LogP contribution in [0.1, 0.15) is 28.9 Å². The van der Waals surface area contributed by atoms with E-state index >= 15 is 0 Å². The molecule has 144 valence electrons. The molecule has 0 saturated carbocycles. The Hall–Kier alpha value is -2.93. The Kier molecular flexibility index (Phi) is 6.90. The van der Waals surface area contributed by atoms with Crippen molar-refractivity contribution in [3.05, 3.63) is 52.5 Å². The number of benzene rings is 2. The first-order valence-corrected chi connectivity index (χ1v) is 8.47. The summed E-state index contributed by atoms with van der Waals surface area (Å²) < 4.78 is 16.0. The molecule has 0 unspecified atom stereocenters. The van der Waals surface area contributed by atoms with Crippen molar-refractivity contribution in [1.29, 1.82) is 0 Å². The maximum Gasteiger partial charge on any atom is 0.258 e. The Morgan fingerprint density at radius 2 is 1.81 bits per heavy atom. The summed E-state index contributed by atoms with van der Waals surface area (Å²) in [5, 5.41) is 3.16. The lowest BCUT2D eigenvalue weighted by atomic mass is 10.1. The van der Waals surface area contributed by atoms with Crippen molar-refractivity contribution in [2.45, 2.75) is 13.0 Å². The molecule has 0 aromatic heterocycles. The van der Waals surface area contributed by atoms with Crippen LogP contribution in [-0.2, 0) is 4.79 Å². The zero-order valence-electron chi connectivity index (χ0n) is 15.2. The van der Waals surface area contributed by atoms with Gasteiger partial charge in [0, 0.05) is 10.6 Å². The van der Waals surface area contributed by atoms with Crippen LogP contribution in [0, 0.1) is 0 Å². The fourth-order valence-corrected chi connectivity index (χ4v) is 2.67. The zero-order chi connectivity index (χ0) is 20.0. The van der Waals surface area contributed by atoms with Crippen molar-refractivity contribution < 1.29 is 23.8 Å². The molecule has 0 heterocycles. The Morgan fingerprint density at radius 3 is 2.44 bits per heavy atom. The summed E-state index contributed by atoms with van der Waals surface area (Å²) in [6.45, 7) is 1.52. The van der Waals surface area contributed by atoms with Gasteiger partial charge in [0.05, 0.1) is 25.8 Å². The number of halogens is 1. The summed E-state index contributed by atoms with van der Waals surface area (Å²) in [5.74, 6) is 0.391. The third-order valence-corrected chi connectivity index (χ3v) is 4.08. The molecule has 0 radical (unpaired) electrons. The lowest BCUT2D eigenvalue weighted by Crippen LogP contribution is -2.31. The van der Waals surface area contributed by atoms with Gasteiger partial charge in [-0.2, -0.15) is 0 Å². The summed E-state index contributed by atoms with van der Waals surface area (Å²) in [6.07, 6.45) is 0. The molecule has 0 fully saturated rings. The van der Waals surface area contributed by atoms with E-state index in [-0.39, 0.29) is 29.9 Å². The number of carbonyl (C=O) groups excluding carboxylic acids is 2. The van der Waals surface area contributed by atoms with Crippen molar-refractivity contribution >= 4 is 23.4 Å². The topological polar surface area (TPSA) is 99.9 Å². The van der Waals surface area contributed by atoms with Crippen LogP contribution in [-0.4, -0.2) is 32.6 Å². The monoisotopic (exact) mass is 392 g/mol. The van der Waals surface area contributed by atoms with E-state index in [0.717, 1.165) is 5.56 Å². The quantitative estimate of drug-likeness (QED) is 0.719. The highest BCUT2D eigenvalue weighted by Gasteiger charge is 2.17. The number of rotatable bonds is 8. The molecular formula is C19H21ClN2O5. The van der Waals surface area contributed by atoms with E-state index in [1.54, 1.807) is 38.5 Å². The molecule has 2 aromatic carbocycles. The first kappa shape index (κ1) is 20.4. The van der Waals surface area contributed by atoms with Gasteiger partial charge in [0.1, 0.15) is 17.2 Å². The maximum atomic E-state index is 12.3. The molecular weight excluding hydrogens is 372 g/mol. The average molecular weight is 393 g/mol. The molecule has 8 heteroatoms. The van der Waals surface area contributed by atoms with Gasteiger partial charge in [-0.15, -0.1) is 0 Å². The third-order valence-electron chi connectivity index (χ3n) is 3.85. The summed E-state index contributed by atoms with van der Waals surface area (Å²) >= 11 is 5.85. The molecule has 1 atom stereocenters. The van der Waals surface area contributed by atoms with Crippen LogP contribution < -0.4 is 25.3 Å². The summed E-state index contributed by atoms with van der Waals surface area (Å²) in [4.78, 5) is 23.7. The van der Waals surface area contributed by atoms with Gasteiger partial charge < -0.3 is 25.3 Å². The number of primary amides is 1. The number of nitrogens with two attached hydrogens (primary N) is 1. The van der Waals surface area contributed by atoms with Crippen LogP contribution in [0.2, 0.25) is 5.02 Å². The van der Waals surface area contributed by atoms with E-state index in [0.29, 0.717) is 16.5 Å². The predicted molar refractivity (Wildman–Crippen MR) is 102 cm³/mol. The molecule has 0 aliphatic rings. The molecule has 0 bridgehead atoms. The summed E-state index contributed by atoms with van der Waals surface area (Å²) in [7, 11) is 3.11. The highest BCUT2D eigenvalue weighted by molar-refractivity contribution is 6.31. The van der Waals surface area contributed by atoms with Gasteiger partial charge in [-0.05, 0) is 43.3 Å². The Morgan fingerprint density at radius 1 is 1.11 bits per heavy atom. The molecule has 2 aromatic rings. The minimum Gasteiger partial charge on any atom is -0.497 e. The first-order valence-electron chi connectivity index (χ1n) is 8.09. The van der Waals surface area contributed by atoms with Crippen LogP contribution in [0.5, 0.6) is 17.2 Å². The Balaban J connectivity index is 2.05. The van der Waals surface area contributed by atoms with E-state index < -0.39 is 5.91 Å². The number of ether oxygens (including phenoxy) is 3. The number of carbonyl (C=O) groups is 2. The lowest BCUT2D eigenvalue weighted by Gasteiger charge is -2.18. The minimum atomic E-state index is -0.692. The van der Waals surface area contributed by atoms with Gasteiger partial charge in [0.2, 0.25) is 0 Å². The van der Waals surface area contributed by atoms with Crippen LogP contribution in [0.4, 0.5) is 0 Å². The van der Waals surface area contributed by atoms with Crippen molar-refractivity contribution in [3.63, 3.8) is 0 Å². The average Bonchev–Trinajstić information content (AvgIpc) is 2.66. The molecule has 27 heavy (non-hydrogen) atoms. The van der Waals surface area contributed by atoms with Gasteiger partial charge in [-0.3, -0.25) is 9.59 Å². The van der Waals surface area contributed by atoms with Crippen molar-refractivity contribution in [3.8, 4) is 17.2 Å². The van der Waals surface area contributed by atoms with Crippen molar-refractivity contribution in [2.75, 3.05) is 20.8 Å². The Bertz CT molecular complexity index is 841. The number of hydrogen-bond acceptors (Lipinski definition) is 5. The van der Waals surface area contributed by atoms with Crippen molar-refractivity contribution in [2.24, 2.45) is 5.73 Å². The molecule has 0 spiro atoms. The fourth-order valence-electron chi connectivity index (χ4n) is 2.50.